The van der Waals surface area contributed by atoms with Gasteiger partial charge in [-0.15, -0.1) is 0 Å². The van der Waals surface area contributed by atoms with Crippen LogP contribution in [-0.4, -0.2) is 18.1 Å². The molecule has 6 heteroatoms. The standard InChI is InChI=1S/C20H26O5S/c1-2-3-4-5-6-7-8-16-9-11-17(12-10-16)25-20-15-18(26(22,23)24)13-14-19(20)21/h9-15,21H,2-8H2,1H3,(H,22,23,24). The first-order chi connectivity index (χ1) is 12.4. The van der Waals surface area contributed by atoms with Gasteiger partial charge in [-0.2, -0.15) is 8.42 Å². The highest BCUT2D eigenvalue weighted by Gasteiger charge is 2.14. The average molecular weight is 378 g/mol. The zero-order valence-corrected chi connectivity index (χ0v) is 15.8. The van der Waals surface area contributed by atoms with Gasteiger partial charge in [0.2, 0.25) is 0 Å². The molecule has 0 fully saturated rings. The maximum absolute atomic E-state index is 11.2. The number of ether oxygens (including phenoxy) is 1. The van der Waals surface area contributed by atoms with E-state index >= 15 is 0 Å². The summed E-state index contributed by atoms with van der Waals surface area (Å²) >= 11 is 0. The molecule has 0 radical (unpaired) electrons. The van der Waals surface area contributed by atoms with E-state index in [4.69, 9.17) is 9.29 Å². The molecule has 0 aliphatic rings. The van der Waals surface area contributed by atoms with Gasteiger partial charge in [-0.05, 0) is 42.7 Å². The first kappa shape index (κ1) is 20.3. The Labute approximate surface area is 155 Å². The van der Waals surface area contributed by atoms with Crippen molar-refractivity contribution >= 4 is 10.1 Å². The van der Waals surface area contributed by atoms with Gasteiger partial charge in [0.15, 0.2) is 11.5 Å². The fourth-order valence-corrected chi connectivity index (χ4v) is 3.19. The fraction of sp³-hybridized carbons (Fsp3) is 0.400. The molecule has 142 valence electrons. The lowest BCUT2D eigenvalue weighted by Crippen LogP contribution is -1.98. The molecule has 0 aliphatic carbocycles. The number of phenolic OH excluding ortho intramolecular Hbond substituents is 1. The van der Waals surface area contributed by atoms with Crippen molar-refractivity contribution < 1.29 is 22.8 Å². The molecule has 0 unspecified atom stereocenters. The van der Waals surface area contributed by atoms with E-state index in [1.165, 1.54) is 43.7 Å². The summed E-state index contributed by atoms with van der Waals surface area (Å²) in [6.07, 6.45) is 8.53. The van der Waals surface area contributed by atoms with E-state index in [2.05, 4.69) is 6.92 Å². The van der Waals surface area contributed by atoms with E-state index in [1.54, 1.807) is 12.1 Å². The third-order valence-corrected chi connectivity index (χ3v) is 5.05. The fourth-order valence-electron chi connectivity index (χ4n) is 2.70. The van der Waals surface area contributed by atoms with Gasteiger partial charge in [0.25, 0.3) is 10.1 Å². The van der Waals surface area contributed by atoms with E-state index in [-0.39, 0.29) is 16.4 Å². The second kappa shape index (κ2) is 9.59. The largest absolute Gasteiger partial charge is 0.504 e. The van der Waals surface area contributed by atoms with Gasteiger partial charge < -0.3 is 9.84 Å². The monoisotopic (exact) mass is 378 g/mol. The molecule has 26 heavy (non-hydrogen) atoms. The Morgan fingerprint density at radius 3 is 2.23 bits per heavy atom. The van der Waals surface area contributed by atoms with Crippen molar-refractivity contribution in [2.45, 2.75) is 56.8 Å². The van der Waals surface area contributed by atoms with Crippen LogP contribution in [0.25, 0.3) is 0 Å². The molecule has 0 spiro atoms. The van der Waals surface area contributed by atoms with Crippen LogP contribution < -0.4 is 4.74 Å². The molecule has 0 bridgehead atoms. The van der Waals surface area contributed by atoms with Crippen LogP contribution >= 0.6 is 0 Å². The van der Waals surface area contributed by atoms with Crippen LogP contribution in [-0.2, 0) is 16.5 Å². The van der Waals surface area contributed by atoms with Crippen molar-refractivity contribution in [2.24, 2.45) is 0 Å². The van der Waals surface area contributed by atoms with E-state index in [0.717, 1.165) is 25.0 Å². The molecule has 0 saturated carbocycles. The number of aromatic hydroxyl groups is 1. The molecule has 0 amide bonds. The van der Waals surface area contributed by atoms with E-state index < -0.39 is 10.1 Å². The highest BCUT2D eigenvalue weighted by Crippen LogP contribution is 2.33. The van der Waals surface area contributed by atoms with Gasteiger partial charge in [0, 0.05) is 6.07 Å². The molecule has 0 saturated heterocycles. The van der Waals surface area contributed by atoms with Gasteiger partial charge in [-0.1, -0.05) is 51.2 Å². The normalized spacial score (nSPS) is 11.5. The minimum Gasteiger partial charge on any atom is -0.504 e. The first-order valence-electron chi connectivity index (χ1n) is 8.97. The SMILES string of the molecule is CCCCCCCCc1ccc(Oc2cc(S(=O)(=O)O)ccc2O)cc1. The Balaban J connectivity index is 1.93. The van der Waals surface area contributed by atoms with Crippen LogP contribution in [0.1, 0.15) is 51.0 Å². The minimum absolute atomic E-state index is 0.0243. The number of phenols is 1. The Kier molecular flexibility index (Phi) is 7.48. The predicted molar refractivity (Wildman–Crippen MR) is 102 cm³/mol. The minimum atomic E-state index is -4.35. The first-order valence-corrected chi connectivity index (χ1v) is 10.4. The zero-order chi connectivity index (χ0) is 19.0. The third kappa shape index (κ3) is 6.35. The van der Waals surface area contributed by atoms with Crippen molar-refractivity contribution in [1.29, 1.82) is 0 Å². The van der Waals surface area contributed by atoms with E-state index in [1.807, 2.05) is 12.1 Å². The number of benzene rings is 2. The molecule has 0 aliphatic heterocycles. The summed E-state index contributed by atoms with van der Waals surface area (Å²) in [6, 6.07) is 10.9. The smallest absolute Gasteiger partial charge is 0.294 e. The highest BCUT2D eigenvalue weighted by atomic mass is 32.2. The van der Waals surface area contributed by atoms with Crippen LogP contribution in [0, 0.1) is 0 Å². The predicted octanol–water partition coefficient (Wildman–Crippen LogP) is 5.33. The van der Waals surface area contributed by atoms with E-state index in [0.29, 0.717) is 5.75 Å². The average Bonchev–Trinajstić information content (AvgIpc) is 2.60. The Morgan fingerprint density at radius 1 is 0.923 bits per heavy atom. The van der Waals surface area contributed by atoms with Crippen molar-refractivity contribution in [3.8, 4) is 17.2 Å². The summed E-state index contributed by atoms with van der Waals surface area (Å²) in [7, 11) is -4.35. The summed E-state index contributed by atoms with van der Waals surface area (Å²) in [5.74, 6) is 0.261. The maximum Gasteiger partial charge on any atom is 0.294 e. The molecule has 2 rings (SSSR count). The summed E-state index contributed by atoms with van der Waals surface area (Å²) in [5, 5.41) is 9.82. The van der Waals surface area contributed by atoms with Crippen molar-refractivity contribution in [1.82, 2.24) is 0 Å². The van der Waals surface area contributed by atoms with Crippen molar-refractivity contribution in [2.75, 3.05) is 0 Å². The Hall–Kier alpha value is -2.05. The lowest BCUT2D eigenvalue weighted by atomic mass is 10.0. The van der Waals surface area contributed by atoms with Gasteiger partial charge in [-0.25, -0.2) is 0 Å². The highest BCUT2D eigenvalue weighted by molar-refractivity contribution is 7.85. The Morgan fingerprint density at radius 2 is 1.58 bits per heavy atom. The van der Waals surface area contributed by atoms with Crippen molar-refractivity contribution in [3.05, 3.63) is 48.0 Å². The van der Waals surface area contributed by atoms with Crippen molar-refractivity contribution in [3.63, 3.8) is 0 Å². The number of unbranched alkanes of at least 4 members (excludes halogenated alkanes) is 5. The summed E-state index contributed by atoms with van der Waals surface area (Å²) < 4.78 is 37.0. The lowest BCUT2D eigenvalue weighted by Gasteiger charge is -2.09. The number of rotatable bonds is 10. The molecule has 2 N–H and O–H groups in total. The molecule has 2 aromatic rings. The van der Waals surface area contributed by atoms with Crippen LogP contribution in [0.15, 0.2) is 47.4 Å². The molecule has 5 nitrogen and oxygen atoms in total. The van der Waals surface area contributed by atoms with Gasteiger partial charge >= 0.3 is 0 Å². The third-order valence-electron chi connectivity index (χ3n) is 4.20. The molecule has 0 atom stereocenters. The topological polar surface area (TPSA) is 83.8 Å². The lowest BCUT2D eigenvalue weighted by molar-refractivity contribution is 0.409. The van der Waals surface area contributed by atoms with Crippen LogP contribution in [0.4, 0.5) is 0 Å². The second-order valence-corrected chi connectivity index (χ2v) is 7.79. The van der Waals surface area contributed by atoms with Gasteiger partial charge in [-0.3, -0.25) is 4.55 Å². The summed E-state index contributed by atoms with van der Waals surface area (Å²) in [4.78, 5) is -0.329. The zero-order valence-electron chi connectivity index (χ0n) is 15.0. The van der Waals surface area contributed by atoms with Crippen LogP contribution in [0.3, 0.4) is 0 Å². The number of hydrogen-bond donors (Lipinski definition) is 2. The molecule has 0 aromatic heterocycles. The quantitative estimate of drug-likeness (QED) is 0.431. The molecule has 0 heterocycles. The molecular formula is C20H26O5S. The number of hydrogen-bond acceptors (Lipinski definition) is 4. The molecular weight excluding hydrogens is 352 g/mol. The second-order valence-electron chi connectivity index (χ2n) is 6.37. The molecule has 2 aromatic carbocycles. The Bertz CT molecular complexity index is 797. The van der Waals surface area contributed by atoms with Gasteiger partial charge in [0.1, 0.15) is 5.75 Å². The summed E-state index contributed by atoms with van der Waals surface area (Å²) in [6.45, 7) is 2.21. The van der Waals surface area contributed by atoms with E-state index in [9.17, 15) is 13.5 Å². The van der Waals surface area contributed by atoms with Crippen LogP contribution in [0.2, 0.25) is 0 Å². The summed E-state index contributed by atoms with van der Waals surface area (Å²) in [5.41, 5.74) is 1.21. The van der Waals surface area contributed by atoms with Crippen LogP contribution in [0.5, 0.6) is 17.2 Å². The van der Waals surface area contributed by atoms with Gasteiger partial charge in [0.05, 0.1) is 4.90 Å². The maximum atomic E-state index is 11.2. The number of aryl methyl sites for hydroxylation is 1.